The van der Waals surface area contributed by atoms with Crippen molar-refractivity contribution in [1.29, 1.82) is 0 Å². The van der Waals surface area contributed by atoms with E-state index in [0.717, 1.165) is 0 Å². The molecule has 0 bridgehead atoms. The molecule has 0 aromatic heterocycles. The van der Waals surface area contributed by atoms with Gasteiger partial charge in [-0.2, -0.15) is 0 Å². The molecular weight excluding hydrogens is 224 g/mol. The van der Waals surface area contributed by atoms with Gasteiger partial charge in [0, 0.05) is 0 Å². The highest BCUT2D eigenvalue weighted by Gasteiger charge is 2.26. The molecule has 0 saturated carbocycles. The zero-order valence-corrected chi connectivity index (χ0v) is 9.79. The molecule has 94 valence electrons. The molecule has 2 N–H and O–H groups in total. The molecule has 5 heteroatoms. The van der Waals surface area contributed by atoms with Gasteiger partial charge in [0.2, 0.25) is 0 Å². The van der Waals surface area contributed by atoms with Crippen LogP contribution >= 0.6 is 0 Å². The SMILES string of the molecule is CCOC(=O)[C@H](O)[C@H](O)c1ccc(OC)cc1. The molecule has 0 fully saturated rings. The predicted octanol–water partition coefficient (Wildman–Crippen LogP) is 0.653. The van der Waals surface area contributed by atoms with E-state index in [0.29, 0.717) is 11.3 Å². The monoisotopic (exact) mass is 240 g/mol. The number of hydrogen-bond donors (Lipinski definition) is 2. The van der Waals surface area contributed by atoms with Gasteiger partial charge in [0.1, 0.15) is 11.9 Å². The molecule has 1 rings (SSSR count). The number of ether oxygens (including phenoxy) is 2. The van der Waals surface area contributed by atoms with Crippen LogP contribution in [-0.2, 0) is 9.53 Å². The predicted molar refractivity (Wildman–Crippen MR) is 60.6 cm³/mol. The zero-order valence-electron chi connectivity index (χ0n) is 9.79. The molecule has 0 aliphatic carbocycles. The number of carbonyl (C=O) groups is 1. The first-order valence-electron chi connectivity index (χ1n) is 5.26. The van der Waals surface area contributed by atoms with E-state index in [1.807, 2.05) is 0 Å². The van der Waals surface area contributed by atoms with Crippen LogP contribution in [0.25, 0.3) is 0 Å². The molecule has 0 unspecified atom stereocenters. The molecule has 0 amide bonds. The Hall–Kier alpha value is -1.59. The first-order chi connectivity index (χ1) is 8.10. The highest BCUT2D eigenvalue weighted by Crippen LogP contribution is 2.20. The minimum atomic E-state index is -1.58. The minimum absolute atomic E-state index is 0.158. The Morgan fingerprint density at radius 1 is 1.29 bits per heavy atom. The van der Waals surface area contributed by atoms with E-state index in [1.54, 1.807) is 31.2 Å². The van der Waals surface area contributed by atoms with Crippen LogP contribution in [0.2, 0.25) is 0 Å². The fraction of sp³-hybridized carbons (Fsp3) is 0.417. The van der Waals surface area contributed by atoms with Gasteiger partial charge in [0.15, 0.2) is 6.10 Å². The Kier molecular flexibility index (Phi) is 4.93. The maximum absolute atomic E-state index is 11.2. The minimum Gasteiger partial charge on any atom is -0.497 e. The summed E-state index contributed by atoms with van der Waals surface area (Å²) < 4.78 is 9.58. The maximum atomic E-state index is 11.2. The lowest BCUT2D eigenvalue weighted by Gasteiger charge is -2.16. The van der Waals surface area contributed by atoms with Crippen LogP contribution in [0.15, 0.2) is 24.3 Å². The van der Waals surface area contributed by atoms with Crippen molar-refractivity contribution in [2.24, 2.45) is 0 Å². The van der Waals surface area contributed by atoms with Gasteiger partial charge in [-0.1, -0.05) is 12.1 Å². The lowest BCUT2D eigenvalue weighted by Crippen LogP contribution is -2.29. The summed E-state index contributed by atoms with van der Waals surface area (Å²) in [7, 11) is 1.53. The summed E-state index contributed by atoms with van der Waals surface area (Å²) in [4.78, 5) is 11.2. The molecule has 0 aliphatic heterocycles. The number of hydrogen-bond acceptors (Lipinski definition) is 5. The fourth-order valence-electron chi connectivity index (χ4n) is 1.34. The van der Waals surface area contributed by atoms with E-state index in [-0.39, 0.29) is 6.61 Å². The van der Waals surface area contributed by atoms with Crippen molar-refractivity contribution in [3.05, 3.63) is 29.8 Å². The van der Waals surface area contributed by atoms with Gasteiger partial charge in [0.05, 0.1) is 13.7 Å². The number of benzene rings is 1. The topological polar surface area (TPSA) is 76.0 Å². The van der Waals surface area contributed by atoms with Crippen LogP contribution in [0.5, 0.6) is 5.75 Å². The molecule has 0 saturated heterocycles. The number of carbonyl (C=O) groups excluding carboxylic acids is 1. The highest BCUT2D eigenvalue weighted by molar-refractivity contribution is 5.75. The van der Waals surface area contributed by atoms with Crippen LogP contribution in [0.4, 0.5) is 0 Å². The first-order valence-corrected chi connectivity index (χ1v) is 5.26. The number of aliphatic hydroxyl groups is 2. The lowest BCUT2D eigenvalue weighted by atomic mass is 10.0. The quantitative estimate of drug-likeness (QED) is 0.739. The summed E-state index contributed by atoms with van der Waals surface area (Å²) in [5.74, 6) is -0.206. The third-order valence-corrected chi connectivity index (χ3v) is 2.28. The van der Waals surface area contributed by atoms with Crippen LogP contribution in [0.1, 0.15) is 18.6 Å². The lowest BCUT2D eigenvalue weighted by molar-refractivity contribution is -0.159. The van der Waals surface area contributed by atoms with Crippen LogP contribution < -0.4 is 4.74 Å². The zero-order chi connectivity index (χ0) is 12.8. The maximum Gasteiger partial charge on any atom is 0.338 e. The van der Waals surface area contributed by atoms with Crippen LogP contribution in [0.3, 0.4) is 0 Å². The van der Waals surface area contributed by atoms with Gasteiger partial charge >= 0.3 is 5.97 Å². The summed E-state index contributed by atoms with van der Waals surface area (Å²) in [6, 6.07) is 6.42. The Bertz CT molecular complexity index is 360. The molecule has 0 spiro atoms. The second-order valence-corrected chi connectivity index (χ2v) is 3.41. The van der Waals surface area contributed by atoms with Gasteiger partial charge in [-0.15, -0.1) is 0 Å². The van der Waals surface area contributed by atoms with Crippen molar-refractivity contribution in [2.75, 3.05) is 13.7 Å². The molecular formula is C12H16O5. The van der Waals surface area contributed by atoms with Crippen LogP contribution in [-0.4, -0.2) is 36.0 Å². The van der Waals surface area contributed by atoms with Gasteiger partial charge in [-0.25, -0.2) is 4.79 Å². The molecule has 1 aromatic carbocycles. The molecule has 1 aromatic rings. The van der Waals surface area contributed by atoms with Gasteiger partial charge < -0.3 is 19.7 Å². The fourth-order valence-corrected chi connectivity index (χ4v) is 1.34. The van der Waals surface area contributed by atoms with E-state index in [9.17, 15) is 15.0 Å². The first kappa shape index (κ1) is 13.5. The summed E-state index contributed by atoms with van der Waals surface area (Å²) in [5.41, 5.74) is 0.423. The standard InChI is InChI=1S/C12H16O5/c1-3-17-12(15)11(14)10(13)8-4-6-9(16-2)7-5-8/h4-7,10-11,13-14H,3H2,1-2H3/t10-,11-/m1/s1. The van der Waals surface area contributed by atoms with E-state index < -0.39 is 18.2 Å². The molecule has 0 radical (unpaired) electrons. The van der Waals surface area contributed by atoms with Crippen LogP contribution in [0, 0.1) is 0 Å². The number of rotatable bonds is 5. The van der Waals surface area contributed by atoms with E-state index in [2.05, 4.69) is 4.74 Å². The van der Waals surface area contributed by atoms with Crippen molar-refractivity contribution < 1.29 is 24.5 Å². The number of esters is 1. The third kappa shape index (κ3) is 3.44. The molecule has 5 nitrogen and oxygen atoms in total. The molecule has 2 atom stereocenters. The second kappa shape index (κ2) is 6.22. The van der Waals surface area contributed by atoms with E-state index in [1.165, 1.54) is 7.11 Å². The van der Waals surface area contributed by atoms with Gasteiger partial charge in [-0.05, 0) is 24.6 Å². The van der Waals surface area contributed by atoms with Crippen molar-refractivity contribution in [3.63, 3.8) is 0 Å². The largest absolute Gasteiger partial charge is 0.497 e. The summed E-state index contributed by atoms with van der Waals surface area (Å²) in [5, 5.41) is 19.3. The van der Waals surface area contributed by atoms with Crippen molar-refractivity contribution >= 4 is 5.97 Å². The number of methoxy groups -OCH3 is 1. The highest BCUT2D eigenvalue weighted by atomic mass is 16.5. The van der Waals surface area contributed by atoms with Gasteiger partial charge in [-0.3, -0.25) is 0 Å². The summed E-state index contributed by atoms with van der Waals surface area (Å²) in [6.45, 7) is 1.79. The normalized spacial score (nSPS) is 13.9. The second-order valence-electron chi connectivity index (χ2n) is 3.41. The smallest absolute Gasteiger partial charge is 0.338 e. The van der Waals surface area contributed by atoms with E-state index in [4.69, 9.17) is 4.74 Å². The average Bonchev–Trinajstić information content (AvgIpc) is 2.37. The van der Waals surface area contributed by atoms with Crippen molar-refractivity contribution in [1.82, 2.24) is 0 Å². The van der Waals surface area contributed by atoms with E-state index >= 15 is 0 Å². The molecule has 0 heterocycles. The summed E-state index contributed by atoms with van der Waals surface area (Å²) >= 11 is 0. The number of aliphatic hydroxyl groups excluding tert-OH is 2. The van der Waals surface area contributed by atoms with Crippen molar-refractivity contribution in [3.8, 4) is 5.75 Å². The molecule has 17 heavy (non-hydrogen) atoms. The third-order valence-electron chi connectivity index (χ3n) is 2.28. The Labute approximate surface area is 99.6 Å². The average molecular weight is 240 g/mol. The Morgan fingerprint density at radius 3 is 2.35 bits per heavy atom. The Balaban J connectivity index is 2.73. The molecule has 0 aliphatic rings. The van der Waals surface area contributed by atoms with Gasteiger partial charge in [0.25, 0.3) is 0 Å². The van der Waals surface area contributed by atoms with Crippen molar-refractivity contribution in [2.45, 2.75) is 19.1 Å². The summed E-state index contributed by atoms with van der Waals surface area (Å²) in [6.07, 6.45) is -2.89. The Morgan fingerprint density at radius 2 is 1.88 bits per heavy atom.